The van der Waals surface area contributed by atoms with Crippen LogP contribution < -0.4 is 0 Å². The van der Waals surface area contributed by atoms with Gasteiger partial charge in [0.2, 0.25) is 0 Å². The van der Waals surface area contributed by atoms with Crippen molar-refractivity contribution >= 4 is 16.9 Å². The molecule has 0 aliphatic carbocycles. The lowest BCUT2D eigenvalue weighted by molar-refractivity contribution is 0.0837. The molecular formula is C11H8FNO2. The van der Waals surface area contributed by atoms with Crippen LogP contribution in [0, 0.1) is 6.92 Å². The van der Waals surface area contributed by atoms with Crippen LogP contribution in [0.5, 0.6) is 5.75 Å². The number of aromatic nitrogens is 1. The lowest BCUT2D eigenvalue weighted by atomic mass is 10.1. The second-order valence-corrected chi connectivity index (χ2v) is 3.29. The largest absolute Gasteiger partial charge is 0.508 e. The van der Waals surface area contributed by atoms with Crippen molar-refractivity contribution in [2.24, 2.45) is 0 Å². The van der Waals surface area contributed by atoms with E-state index in [2.05, 4.69) is 4.98 Å². The standard InChI is InChI=1S/C11H8FNO2/c1-6-4-9(11(12)15)8-5-7(14)2-3-10(8)13-6/h2-5,14H,1H3. The van der Waals surface area contributed by atoms with Crippen molar-refractivity contribution in [1.29, 1.82) is 0 Å². The summed E-state index contributed by atoms with van der Waals surface area (Å²) in [7, 11) is 0. The zero-order chi connectivity index (χ0) is 11.0. The second-order valence-electron chi connectivity index (χ2n) is 3.29. The Bertz CT molecular complexity index is 552. The van der Waals surface area contributed by atoms with Crippen LogP contribution in [0.3, 0.4) is 0 Å². The number of nitrogens with zero attached hydrogens (tertiary/aromatic N) is 1. The summed E-state index contributed by atoms with van der Waals surface area (Å²) < 4.78 is 12.7. The van der Waals surface area contributed by atoms with Gasteiger partial charge in [0, 0.05) is 11.1 Å². The highest BCUT2D eigenvalue weighted by atomic mass is 19.1. The van der Waals surface area contributed by atoms with E-state index < -0.39 is 6.04 Å². The van der Waals surface area contributed by atoms with Crippen molar-refractivity contribution in [1.82, 2.24) is 4.98 Å². The number of aryl methyl sites for hydroxylation is 1. The van der Waals surface area contributed by atoms with E-state index in [-0.39, 0.29) is 11.3 Å². The van der Waals surface area contributed by atoms with E-state index in [0.717, 1.165) is 0 Å². The minimum atomic E-state index is -1.52. The molecule has 1 N–H and O–H groups in total. The molecule has 0 fully saturated rings. The van der Waals surface area contributed by atoms with Gasteiger partial charge in [0.25, 0.3) is 0 Å². The molecule has 0 amide bonds. The van der Waals surface area contributed by atoms with Gasteiger partial charge in [-0.05, 0) is 31.2 Å². The van der Waals surface area contributed by atoms with E-state index in [4.69, 9.17) is 0 Å². The Hall–Kier alpha value is -1.97. The molecule has 0 unspecified atom stereocenters. The zero-order valence-corrected chi connectivity index (χ0v) is 7.99. The van der Waals surface area contributed by atoms with E-state index in [1.165, 1.54) is 18.2 Å². The van der Waals surface area contributed by atoms with Crippen LogP contribution in [-0.4, -0.2) is 16.1 Å². The fraction of sp³-hybridized carbons (Fsp3) is 0.0909. The van der Waals surface area contributed by atoms with Gasteiger partial charge in [0.1, 0.15) is 5.75 Å². The average molecular weight is 205 g/mol. The summed E-state index contributed by atoms with van der Waals surface area (Å²) in [4.78, 5) is 14.9. The fourth-order valence-corrected chi connectivity index (χ4v) is 1.51. The van der Waals surface area contributed by atoms with E-state index in [0.29, 0.717) is 16.6 Å². The summed E-state index contributed by atoms with van der Waals surface area (Å²) >= 11 is 0. The van der Waals surface area contributed by atoms with Crippen molar-refractivity contribution in [2.75, 3.05) is 0 Å². The maximum Gasteiger partial charge on any atom is 0.332 e. The van der Waals surface area contributed by atoms with Crippen LogP contribution in [0.15, 0.2) is 24.3 Å². The maximum absolute atomic E-state index is 12.7. The van der Waals surface area contributed by atoms with Gasteiger partial charge >= 0.3 is 6.04 Å². The summed E-state index contributed by atoms with van der Waals surface area (Å²) in [5, 5.41) is 9.57. The number of fused-ring (bicyclic) bond motifs is 1. The molecule has 1 aromatic heterocycles. The summed E-state index contributed by atoms with van der Waals surface area (Å²) in [5.41, 5.74) is 0.997. The van der Waals surface area contributed by atoms with Crippen molar-refractivity contribution in [3.63, 3.8) is 0 Å². The summed E-state index contributed by atoms with van der Waals surface area (Å²) in [6.07, 6.45) is 0. The van der Waals surface area contributed by atoms with Crippen LogP contribution in [0.1, 0.15) is 16.1 Å². The van der Waals surface area contributed by atoms with Gasteiger partial charge < -0.3 is 5.11 Å². The topological polar surface area (TPSA) is 50.2 Å². The van der Waals surface area contributed by atoms with E-state index >= 15 is 0 Å². The summed E-state index contributed by atoms with van der Waals surface area (Å²) in [6, 6.07) is 4.17. The van der Waals surface area contributed by atoms with Gasteiger partial charge in [-0.1, -0.05) is 0 Å². The first-order valence-corrected chi connectivity index (χ1v) is 4.38. The van der Waals surface area contributed by atoms with Gasteiger partial charge in [-0.2, -0.15) is 4.39 Å². The molecule has 15 heavy (non-hydrogen) atoms. The van der Waals surface area contributed by atoms with Crippen molar-refractivity contribution in [3.8, 4) is 5.75 Å². The molecule has 0 saturated carbocycles. The lowest BCUT2D eigenvalue weighted by Gasteiger charge is -2.03. The predicted molar refractivity (Wildman–Crippen MR) is 53.6 cm³/mol. The van der Waals surface area contributed by atoms with Crippen LogP contribution >= 0.6 is 0 Å². The molecule has 3 nitrogen and oxygen atoms in total. The molecule has 0 atom stereocenters. The fourth-order valence-electron chi connectivity index (χ4n) is 1.51. The monoisotopic (exact) mass is 205 g/mol. The number of hydrogen-bond acceptors (Lipinski definition) is 3. The molecule has 0 radical (unpaired) electrons. The number of phenols is 1. The normalized spacial score (nSPS) is 10.5. The molecule has 0 saturated heterocycles. The molecule has 2 rings (SSSR count). The number of benzene rings is 1. The maximum atomic E-state index is 12.7. The van der Waals surface area contributed by atoms with Crippen LogP contribution in [0.4, 0.5) is 4.39 Å². The number of pyridine rings is 1. The predicted octanol–water partition coefficient (Wildman–Crippen LogP) is 2.36. The third kappa shape index (κ3) is 1.66. The Kier molecular flexibility index (Phi) is 2.11. The Morgan fingerprint density at radius 3 is 2.80 bits per heavy atom. The molecule has 76 valence electrons. The highest BCUT2D eigenvalue weighted by Crippen LogP contribution is 2.23. The Morgan fingerprint density at radius 2 is 2.13 bits per heavy atom. The first-order valence-electron chi connectivity index (χ1n) is 4.38. The SMILES string of the molecule is Cc1cc(C(=O)F)c2cc(O)ccc2n1. The van der Waals surface area contributed by atoms with Gasteiger partial charge in [-0.3, -0.25) is 9.78 Å². The average Bonchev–Trinajstić information content (AvgIpc) is 2.17. The Labute approximate surface area is 85.2 Å². The van der Waals surface area contributed by atoms with Crippen molar-refractivity contribution in [2.45, 2.75) is 6.92 Å². The third-order valence-electron chi connectivity index (χ3n) is 2.13. The van der Waals surface area contributed by atoms with Gasteiger partial charge in [0.15, 0.2) is 0 Å². The highest BCUT2D eigenvalue weighted by molar-refractivity contribution is 6.03. The number of carbonyl (C=O) groups is 1. The first kappa shape index (κ1) is 9.58. The number of phenolic OH excluding ortho intramolecular Hbond substituents is 1. The second kappa shape index (κ2) is 3.31. The van der Waals surface area contributed by atoms with Crippen molar-refractivity contribution in [3.05, 3.63) is 35.5 Å². The van der Waals surface area contributed by atoms with Crippen LogP contribution in [0.25, 0.3) is 10.9 Å². The summed E-state index contributed by atoms with van der Waals surface area (Å²) in [5.74, 6) is -0.0179. The molecule has 0 aliphatic rings. The molecule has 2 aromatic rings. The molecule has 1 heterocycles. The molecular weight excluding hydrogens is 197 g/mol. The first-order chi connectivity index (χ1) is 7.08. The third-order valence-corrected chi connectivity index (χ3v) is 2.13. The van der Waals surface area contributed by atoms with E-state index in [1.54, 1.807) is 13.0 Å². The number of rotatable bonds is 1. The molecule has 1 aromatic carbocycles. The quantitative estimate of drug-likeness (QED) is 0.727. The van der Waals surface area contributed by atoms with Gasteiger partial charge in [0.05, 0.1) is 11.1 Å². The Balaban J connectivity index is 2.87. The van der Waals surface area contributed by atoms with E-state index in [1.807, 2.05) is 0 Å². The zero-order valence-electron chi connectivity index (χ0n) is 7.99. The molecule has 0 aliphatic heterocycles. The minimum absolute atomic E-state index is 0.0179. The number of halogens is 1. The minimum Gasteiger partial charge on any atom is -0.508 e. The molecule has 4 heteroatoms. The smallest absolute Gasteiger partial charge is 0.332 e. The highest BCUT2D eigenvalue weighted by Gasteiger charge is 2.11. The lowest BCUT2D eigenvalue weighted by Crippen LogP contribution is -1.95. The van der Waals surface area contributed by atoms with Gasteiger partial charge in [-0.15, -0.1) is 0 Å². The number of hydrogen-bond donors (Lipinski definition) is 1. The summed E-state index contributed by atoms with van der Waals surface area (Å²) in [6.45, 7) is 1.68. The van der Waals surface area contributed by atoms with Crippen molar-refractivity contribution < 1.29 is 14.3 Å². The van der Waals surface area contributed by atoms with E-state index in [9.17, 15) is 14.3 Å². The molecule has 0 spiro atoms. The molecule has 0 bridgehead atoms. The van der Waals surface area contributed by atoms with Crippen LogP contribution in [-0.2, 0) is 0 Å². The number of aromatic hydroxyl groups is 1. The Morgan fingerprint density at radius 1 is 1.40 bits per heavy atom. The van der Waals surface area contributed by atoms with Crippen LogP contribution in [0.2, 0.25) is 0 Å². The number of carbonyl (C=O) groups excluding carboxylic acids is 1. The van der Waals surface area contributed by atoms with Gasteiger partial charge in [-0.25, -0.2) is 0 Å².